The molecule has 7 heteroatoms. The highest BCUT2D eigenvalue weighted by Gasteiger charge is 2.44. The molecule has 4 heterocycles. The van der Waals surface area contributed by atoms with Gasteiger partial charge in [0, 0.05) is 35.8 Å². The van der Waals surface area contributed by atoms with Crippen LogP contribution in [-0.4, -0.2) is 49.1 Å². The maximum absolute atomic E-state index is 12.7. The number of carbonyl (C=O) groups excluding carboxylic acids is 2. The van der Waals surface area contributed by atoms with Crippen LogP contribution < -0.4 is 10.6 Å². The molecular weight excluding hydrogens is 374 g/mol. The Morgan fingerprint density at radius 1 is 1.21 bits per heavy atom. The van der Waals surface area contributed by atoms with Gasteiger partial charge in [-0.05, 0) is 30.0 Å². The first kappa shape index (κ1) is 17.7. The molecule has 1 atom stereocenters. The molecule has 1 aromatic carbocycles. The SMILES string of the molecule is O=C1NCC(C(=O)N2CCC3(CC2)OCCc2sc(-c4ccccc4)cc23)N1. The molecule has 3 aliphatic rings. The third-order valence-electron chi connectivity index (χ3n) is 6.02. The van der Waals surface area contributed by atoms with Crippen LogP contribution in [0.3, 0.4) is 0 Å². The second-order valence-electron chi connectivity index (χ2n) is 7.64. The van der Waals surface area contributed by atoms with Crippen molar-refractivity contribution in [3.63, 3.8) is 0 Å². The molecule has 2 aromatic rings. The number of piperidine rings is 1. The lowest BCUT2D eigenvalue weighted by Gasteiger charge is -2.44. The average molecular weight is 398 g/mol. The highest BCUT2D eigenvalue weighted by Crippen LogP contribution is 2.46. The van der Waals surface area contributed by atoms with Crippen molar-refractivity contribution in [2.45, 2.75) is 30.9 Å². The third-order valence-corrected chi connectivity index (χ3v) is 7.26. The van der Waals surface area contributed by atoms with Crippen LogP contribution in [0.15, 0.2) is 36.4 Å². The van der Waals surface area contributed by atoms with E-state index in [-0.39, 0.29) is 17.5 Å². The van der Waals surface area contributed by atoms with Crippen LogP contribution in [0.4, 0.5) is 4.79 Å². The highest BCUT2D eigenvalue weighted by molar-refractivity contribution is 7.15. The summed E-state index contributed by atoms with van der Waals surface area (Å²) in [5.74, 6) is -0.000439. The van der Waals surface area contributed by atoms with Crippen LogP contribution in [0, 0.1) is 0 Å². The number of carbonyl (C=O) groups is 2. The Morgan fingerprint density at radius 3 is 2.71 bits per heavy atom. The van der Waals surface area contributed by atoms with Crippen molar-refractivity contribution in [1.29, 1.82) is 0 Å². The second kappa shape index (κ2) is 6.90. The zero-order valence-electron chi connectivity index (χ0n) is 15.6. The molecule has 2 fully saturated rings. The number of benzene rings is 1. The summed E-state index contributed by atoms with van der Waals surface area (Å²) in [5, 5.41) is 5.35. The molecule has 5 rings (SSSR count). The molecule has 2 N–H and O–H groups in total. The average Bonchev–Trinajstić information content (AvgIpc) is 3.36. The van der Waals surface area contributed by atoms with Gasteiger partial charge in [-0.15, -0.1) is 11.3 Å². The molecule has 1 spiro atoms. The lowest BCUT2D eigenvalue weighted by Crippen LogP contribution is -2.52. The summed E-state index contributed by atoms with van der Waals surface area (Å²) in [6.45, 7) is 2.41. The summed E-state index contributed by atoms with van der Waals surface area (Å²) < 4.78 is 6.34. The first-order valence-corrected chi connectivity index (χ1v) is 10.6. The van der Waals surface area contributed by atoms with Gasteiger partial charge < -0.3 is 20.3 Å². The number of amides is 3. The van der Waals surface area contributed by atoms with Crippen LogP contribution >= 0.6 is 11.3 Å². The predicted octanol–water partition coefficient (Wildman–Crippen LogP) is 2.49. The fourth-order valence-electron chi connectivity index (χ4n) is 4.49. The van der Waals surface area contributed by atoms with Crippen molar-refractivity contribution < 1.29 is 14.3 Å². The van der Waals surface area contributed by atoms with Crippen LogP contribution in [-0.2, 0) is 21.6 Å². The molecule has 3 aliphatic heterocycles. The van der Waals surface area contributed by atoms with Gasteiger partial charge >= 0.3 is 6.03 Å². The quantitative estimate of drug-likeness (QED) is 0.818. The Labute approximate surface area is 167 Å². The van der Waals surface area contributed by atoms with Gasteiger partial charge in [-0.25, -0.2) is 4.79 Å². The number of hydrogen-bond acceptors (Lipinski definition) is 4. The van der Waals surface area contributed by atoms with E-state index in [9.17, 15) is 9.59 Å². The van der Waals surface area contributed by atoms with Crippen molar-refractivity contribution >= 4 is 23.3 Å². The maximum Gasteiger partial charge on any atom is 0.315 e. The molecule has 0 aliphatic carbocycles. The van der Waals surface area contributed by atoms with Gasteiger partial charge in [0.05, 0.1) is 12.2 Å². The van der Waals surface area contributed by atoms with E-state index in [0.717, 1.165) is 25.9 Å². The number of urea groups is 1. The van der Waals surface area contributed by atoms with Gasteiger partial charge in [0.2, 0.25) is 5.91 Å². The zero-order valence-corrected chi connectivity index (χ0v) is 16.4. The van der Waals surface area contributed by atoms with E-state index in [1.165, 1.54) is 20.9 Å². The number of nitrogens with one attached hydrogen (secondary N) is 2. The fourth-order valence-corrected chi connectivity index (χ4v) is 5.72. The summed E-state index contributed by atoms with van der Waals surface area (Å²) in [7, 11) is 0. The summed E-state index contributed by atoms with van der Waals surface area (Å²) >= 11 is 1.87. The molecular formula is C21H23N3O3S. The van der Waals surface area contributed by atoms with Crippen molar-refractivity contribution in [2.75, 3.05) is 26.2 Å². The molecule has 28 heavy (non-hydrogen) atoms. The molecule has 0 bridgehead atoms. The predicted molar refractivity (Wildman–Crippen MR) is 107 cm³/mol. The Balaban J connectivity index is 1.35. The molecule has 1 unspecified atom stereocenters. The Bertz CT molecular complexity index is 903. The lowest BCUT2D eigenvalue weighted by atomic mass is 9.82. The molecule has 6 nitrogen and oxygen atoms in total. The normalized spacial score (nSPS) is 23.2. The van der Waals surface area contributed by atoms with E-state index >= 15 is 0 Å². The first-order chi connectivity index (χ1) is 13.6. The van der Waals surface area contributed by atoms with Gasteiger partial charge in [0.15, 0.2) is 0 Å². The maximum atomic E-state index is 12.7. The standard InChI is InChI=1S/C21H23N3O3S/c25-19(16-13-22-20(26)23-16)24-9-7-21(8-10-24)15-12-18(14-4-2-1-3-5-14)28-17(15)6-11-27-21/h1-5,12,16H,6-11,13H2,(H2,22,23,26). The molecule has 146 valence electrons. The highest BCUT2D eigenvalue weighted by atomic mass is 32.1. The summed E-state index contributed by atoms with van der Waals surface area (Å²) in [4.78, 5) is 28.6. The van der Waals surface area contributed by atoms with E-state index < -0.39 is 6.04 Å². The summed E-state index contributed by atoms with van der Waals surface area (Å²) in [6.07, 6.45) is 2.55. The zero-order chi connectivity index (χ0) is 19.1. The minimum absolute atomic E-state index is 0.000439. The minimum Gasteiger partial charge on any atom is -0.370 e. The van der Waals surface area contributed by atoms with Crippen LogP contribution in [0.1, 0.15) is 23.3 Å². The largest absolute Gasteiger partial charge is 0.370 e. The molecule has 0 saturated carbocycles. The smallest absolute Gasteiger partial charge is 0.315 e. The van der Waals surface area contributed by atoms with Crippen molar-refractivity contribution in [1.82, 2.24) is 15.5 Å². The van der Waals surface area contributed by atoms with Crippen LogP contribution in [0.5, 0.6) is 0 Å². The summed E-state index contributed by atoms with van der Waals surface area (Å²) in [5.41, 5.74) is 2.27. The van der Waals surface area contributed by atoms with E-state index in [0.29, 0.717) is 19.6 Å². The Hall–Kier alpha value is -2.38. The van der Waals surface area contributed by atoms with Crippen molar-refractivity contribution in [2.24, 2.45) is 0 Å². The van der Waals surface area contributed by atoms with E-state index in [4.69, 9.17) is 4.74 Å². The van der Waals surface area contributed by atoms with Crippen molar-refractivity contribution in [3.8, 4) is 10.4 Å². The molecule has 2 saturated heterocycles. The molecule has 0 radical (unpaired) electrons. The van der Waals surface area contributed by atoms with Gasteiger partial charge in [0.25, 0.3) is 0 Å². The Morgan fingerprint density at radius 2 is 2.00 bits per heavy atom. The first-order valence-electron chi connectivity index (χ1n) is 9.80. The number of hydrogen-bond donors (Lipinski definition) is 2. The fraction of sp³-hybridized carbons (Fsp3) is 0.429. The summed E-state index contributed by atoms with van der Waals surface area (Å²) in [6, 6.07) is 12.1. The number of fused-ring (bicyclic) bond motifs is 2. The van der Waals surface area contributed by atoms with Crippen molar-refractivity contribution in [3.05, 3.63) is 46.8 Å². The Kier molecular flexibility index (Phi) is 4.36. The van der Waals surface area contributed by atoms with Gasteiger partial charge in [-0.1, -0.05) is 30.3 Å². The molecule has 1 aromatic heterocycles. The van der Waals surface area contributed by atoms with Gasteiger partial charge in [-0.2, -0.15) is 0 Å². The van der Waals surface area contributed by atoms with Crippen LogP contribution in [0.2, 0.25) is 0 Å². The number of ether oxygens (including phenoxy) is 1. The number of likely N-dealkylation sites (tertiary alicyclic amines) is 1. The number of thiophene rings is 1. The van der Waals surface area contributed by atoms with Crippen LogP contribution in [0.25, 0.3) is 10.4 Å². The lowest BCUT2D eigenvalue weighted by molar-refractivity contribution is -0.142. The van der Waals surface area contributed by atoms with E-state index in [1.54, 1.807) is 0 Å². The monoisotopic (exact) mass is 397 g/mol. The number of nitrogens with zero attached hydrogens (tertiary/aromatic N) is 1. The van der Waals surface area contributed by atoms with E-state index in [2.05, 4.69) is 41.0 Å². The molecule has 3 amide bonds. The number of rotatable bonds is 2. The van der Waals surface area contributed by atoms with E-state index in [1.807, 2.05) is 22.3 Å². The third kappa shape index (κ3) is 2.99. The second-order valence-corrected chi connectivity index (χ2v) is 8.78. The van der Waals surface area contributed by atoms with Gasteiger partial charge in [-0.3, -0.25) is 4.79 Å². The van der Waals surface area contributed by atoms with Gasteiger partial charge in [0.1, 0.15) is 6.04 Å². The topological polar surface area (TPSA) is 70.7 Å². The minimum atomic E-state index is -0.449.